The normalized spacial score (nSPS) is 24.4. The second-order valence-electron chi connectivity index (χ2n) is 8.14. The van der Waals surface area contributed by atoms with Gasteiger partial charge >= 0.3 is 6.18 Å². The van der Waals surface area contributed by atoms with Crippen molar-refractivity contribution in [1.82, 2.24) is 19.7 Å². The van der Waals surface area contributed by atoms with E-state index < -0.39 is 17.3 Å². The minimum absolute atomic E-state index is 0.0236. The van der Waals surface area contributed by atoms with Crippen LogP contribution in [-0.2, 0) is 16.5 Å². The van der Waals surface area contributed by atoms with Gasteiger partial charge in [0.15, 0.2) is 11.5 Å². The molecule has 2 fully saturated rings. The van der Waals surface area contributed by atoms with Crippen LogP contribution in [0.2, 0.25) is 0 Å². The van der Waals surface area contributed by atoms with Crippen molar-refractivity contribution in [2.45, 2.75) is 30.6 Å². The molecule has 0 amide bonds. The van der Waals surface area contributed by atoms with Crippen LogP contribution in [0.5, 0.6) is 0 Å². The van der Waals surface area contributed by atoms with Crippen molar-refractivity contribution in [2.24, 2.45) is 11.5 Å². The molecule has 0 atom stereocenters. The molecule has 8 nitrogen and oxygen atoms in total. The fourth-order valence-corrected chi connectivity index (χ4v) is 4.19. The van der Waals surface area contributed by atoms with E-state index in [-0.39, 0.29) is 11.7 Å². The quantitative estimate of drug-likeness (QED) is 0.650. The van der Waals surface area contributed by atoms with Crippen LogP contribution in [0.25, 0.3) is 16.7 Å². The topological polar surface area (TPSA) is 108 Å². The van der Waals surface area contributed by atoms with Crippen LogP contribution in [0.1, 0.15) is 24.2 Å². The molecular formula is C20H22F3N7O. The lowest BCUT2D eigenvalue weighted by molar-refractivity contribution is -0.137. The number of hydrogen-bond acceptors (Lipinski definition) is 7. The first kappa shape index (κ1) is 20.2. The fourth-order valence-electron chi connectivity index (χ4n) is 4.19. The molecule has 5 rings (SSSR count). The summed E-state index contributed by atoms with van der Waals surface area (Å²) >= 11 is 0. The van der Waals surface area contributed by atoms with Gasteiger partial charge < -0.3 is 21.1 Å². The molecule has 1 aliphatic carbocycles. The maximum Gasteiger partial charge on any atom is 0.416 e. The van der Waals surface area contributed by atoms with Crippen molar-refractivity contribution in [2.75, 3.05) is 31.2 Å². The fraction of sp³-hybridized carbons (Fsp3) is 0.450. The molecule has 1 saturated carbocycles. The molecule has 0 unspecified atom stereocenters. The van der Waals surface area contributed by atoms with Gasteiger partial charge in [-0.25, -0.2) is 14.6 Å². The van der Waals surface area contributed by atoms with Gasteiger partial charge in [0.25, 0.3) is 0 Å². The van der Waals surface area contributed by atoms with Crippen molar-refractivity contribution in [3.05, 3.63) is 41.9 Å². The molecule has 1 aliphatic heterocycles. The highest BCUT2D eigenvalue weighted by molar-refractivity contribution is 5.88. The van der Waals surface area contributed by atoms with Gasteiger partial charge in [0.05, 0.1) is 41.6 Å². The number of halogens is 3. The second-order valence-corrected chi connectivity index (χ2v) is 8.14. The zero-order valence-corrected chi connectivity index (χ0v) is 16.6. The maximum atomic E-state index is 13.2. The van der Waals surface area contributed by atoms with Crippen LogP contribution in [-0.4, -0.2) is 52.1 Å². The number of rotatable bonds is 3. The highest BCUT2D eigenvalue weighted by Gasteiger charge is 2.44. The van der Waals surface area contributed by atoms with Gasteiger partial charge in [0, 0.05) is 19.1 Å². The van der Waals surface area contributed by atoms with E-state index in [4.69, 9.17) is 21.2 Å². The van der Waals surface area contributed by atoms with Gasteiger partial charge in [0.2, 0.25) is 0 Å². The number of aromatic nitrogens is 4. The van der Waals surface area contributed by atoms with E-state index in [1.165, 1.54) is 10.7 Å². The molecule has 3 heterocycles. The summed E-state index contributed by atoms with van der Waals surface area (Å²) in [6.45, 7) is 2.39. The van der Waals surface area contributed by atoms with E-state index in [2.05, 4.69) is 15.0 Å². The number of benzene rings is 1. The Labute approximate surface area is 176 Å². The van der Waals surface area contributed by atoms with Crippen molar-refractivity contribution in [3.63, 3.8) is 0 Å². The standard InChI is InChI=1S/C20H22F3N7O/c21-20(22,23)12-2-1-3-14(8-12)30-17-15(11-26-30)16(29-4-6-31-7-5-29)27-18(28-17)19(25)9-13(24)10-19/h1-3,8,11,13H,4-7,9-10,24-25H2. The molecule has 4 N–H and O–H groups in total. The van der Waals surface area contributed by atoms with E-state index in [9.17, 15) is 13.2 Å². The Kier molecular flexibility index (Phi) is 4.65. The summed E-state index contributed by atoms with van der Waals surface area (Å²) in [7, 11) is 0. The van der Waals surface area contributed by atoms with E-state index in [0.717, 1.165) is 12.1 Å². The van der Waals surface area contributed by atoms with Crippen molar-refractivity contribution < 1.29 is 17.9 Å². The van der Waals surface area contributed by atoms with Crippen molar-refractivity contribution in [3.8, 4) is 5.69 Å². The van der Waals surface area contributed by atoms with Crippen molar-refractivity contribution >= 4 is 16.9 Å². The number of nitrogens with two attached hydrogens (primary N) is 2. The molecule has 0 spiro atoms. The predicted molar refractivity (Wildman–Crippen MR) is 108 cm³/mol. The summed E-state index contributed by atoms with van der Waals surface area (Å²) in [5, 5.41) is 5.00. The lowest BCUT2D eigenvalue weighted by atomic mass is 9.73. The van der Waals surface area contributed by atoms with E-state index in [0.29, 0.717) is 61.8 Å². The van der Waals surface area contributed by atoms with E-state index in [1.54, 1.807) is 12.3 Å². The average molecular weight is 433 g/mol. The molecule has 2 aliphatic rings. The van der Waals surface area contributed by atoms with Gasteiger partial charge in [-0.15, -0.1) is 0 Å². The lowest BCUT2D eigenvalue weighted by Crippen LogP contribution is -2.56. The smallest absolute Gasteiger partial charge is 0.378 e. The van der Waals surface area contributed by atoms with Gasteiger partial charge in [-0.3, -0.25) is 0 Å². The first-order valence-corrected chi connectivity index (χ1v) is 10.1. The number of hydrogen-bond donors (Lipinski definition) is 2. The largest absolute Gasteiger partial charge is 0.416 e. The Hall–Kier alpha value is -2.76. The molecule has 3 aromatic rings. The number of morpholine rings is 1. The number of anilines is 1. The Morgan fingerprint density at radius 2 is 1.87 bits per heavy atom. The summed E-state index contributed by atoms with van der Waals surface area (Å²) < 4.78 is 46.6. The molecule has 1 saturated heterocycles. The minimum Gasteiger partial charge on any atom is -0.378 e. The van der Waals surface area contributed by atoms with E-state index >= 15 is 0 Å². The average Bonchev–Trinajstić information content (AvgIpc) is 3.16. The molecule has 164 valence electrons. The van der Waals surface area contributed by atoms with E-state index in [1.807, 2.05) is 0 Å². The van der Waals surface area contributed by atoms with Gasteiger partial charge in [0.1, 0.15) is 5.82 Å². The first-order chi connectivity index (χ1) is 14.7. The SMILES string of the molecule is NC1CC(N)(c2nc(N3CCOCC3)c3cnn(-c4cccc(C(F)(F)F)c4)c3n2)C1. The van der Waals surface area contributed by atoms with Gasteiger partial charge in [-0.1, -0.05) is 6.07 Å². The molecular weight excluding hydrogens is 411 g/mol. The number of ether oxygens (including phenoxy) is 1. The highest BCUT2D eigenvalue weighted by Crippen LogP contribution is 2.39. The monoisotopic (exact) mass is 433 g/mol. The molecule has 11 heteroatoms. The zero-order chi connectivity index (χ0) is 21.8. The first-order valence-electron chi connectivity index (χ1n) is 10.1. The van der Waals surface area contributed by atoms with Gasteiger partial charge in [-0.2, -0.15) is 18.3 Å². The highest BCUT2D eigenvalue weighted by atomic mass is 19.4. The van der Waals surface area contributed by atoms with Crippen LogP contribution in [0.4, 0.5) is 19.0 Å². The summed E-state index contributed by atoms with van der Waals surface area (Å²) in [5.74, 6) is 1.09. The summed E-state index contributed by atoms with van der Waals surface area (Å²) in [5.41, 5.74) is 11.6. The summed E-state index contributed by atoms with van der Waals surface area (Å²) in [6, 6.07) is 4.98. The molecule has 31 heavy (non-hydrogen) atoms. The Morgan fingerprint density at radius 3 is 2.55 bits per heavy atom. The summed E-state index contributed by atoms with van der Waals surface area (Å²) in [4.78, 5) is 11.5. The minimum atomic E-state index is -4.46. The van der Waals surface area contributed by atoms with Crippen LogP contribution >= 0.6 is 0 Å². The zero-order valence-electron chi connectivity index (χ0n) is 16.6. The third kappa shape index (κ3) is 3.52. The molecule has 0 radical (unpaired) electrons. The molecule has 1 aromatic carbocycles. The number of fused-ring (bicyclic) bond motifs is 1. The number of nitrogens with zero attached hydrogens (tertiary/aromatic N) is 5. The third-order valence-corrected chi connectivity index (χ3v) is 5.84. The number of alkyl halides is 3. The Balaban J connectivity index is 1.67. The lowest BCUT2D eigenvalue weighted by Gasteiger charge is -2.42. The van der Waals surface area contributed by atoms with Crippen LogP contribution < -0.4 is 16.4 Å². The van der Waals surface area contributed by atoms with Crippen LogP contribution in [0, 0.1) is 0 Å². The Morgan fingerprint density at radius 1 is 1.13 bits per heavy atom. The molecule has 2 aromatic heterocycles. The van der Waals surface area contributed by atoms with Crippen LogP contribution in [0.15, 0.2) is 30.5 Å². The second kappa shape index (κ2) is 7.14. The maximum absolute atomic E-state index is 13.2. The van der Waals surface area contributed by atoms with Gasteiger partial charge in [-0.05, 0) is 31.0 Å². The Bertz CT molecular complexity index is 1120. The predicted octanol–water partition coefficient (Wildman–Crippen LogP) is 1.95. The summed E-state index contributed by atoms with van der Waals surface area (Å²) in [6.07, 6.45) is -1.79. The van der Waals surface area contributed by atoms with Crippen molar-refractivity contribution in [1.29, 1.82) is 0 Å². The third-order valence-electron chi connectivity index (χ3n) is 5.84. The molecule has 0 bridgehead atoms. The van der Waals surface area contributed by atoms with Crippen LogP contribution in [0.3, 0.4) is 0 Å².